The van der Waals surface area contributed by atoms with Crippen LogP contribution in [-0.4, -0.2) is 35.0 Å². The molecule has 0 spiro atoms. The maximum atomic E-state index is 12.4. The molecule has 1 unspecified atom stereocenters. The Morgan fingerprint density at radius 2 is 2.25 bits per heavy atom. The molecule has 1 atom stereocenters. The number of halogens is 1. The van der Waals surface area contributed by atoms with Crippen LogP contribution in [-0.2, 0) is 4.79 Å². The first-order chi connectivity index (χ1) is 9.39. The number of rotatable bonds is 4. The van der Waals surface area contributed by atoms with Gasteiger partial charge in [-0.2, -0.15) is 0 Å². The van der Waals surface area contributed by atoms with Gasteiger partial charge in [0.1, 0.15) is 0 Å². The van der Waals surface area contributed by atoms with E-state index in [-0.39, 0.29) is 5.91 Å². The molecule has 1 aliphatic rings. The number of thiophene rings is 1. The molecule has 2 rings (SSSR count). The average Bonchev–Trinajstić information content (AvgIpc) is 2.95. The van der Waals surface area contributed by atoms with Gasteiger partial charge in [0.25, 0.3) is 5.91 Å². The summed E-state index contributed by atoms with van der Waals surface area (Å²) < 4.78 is 0.957. The third kappa shape index (κ3) is 2.76. The van der Waals surface area contributed by atoms with Gasteiger partial charge in [0.05, 0.1) is 14.1 Å². The van der Waals surface area contributed by atoms with E-state index in [0.29, 0.717) is 30.8 Å². The molecule has 2 heterocycles. The third-order valence-electron chi connectivity index (χ3n) is 3.89. The quantitative estimate of drug-likeness (QED) is 0.894. The molecule has 1 aromatic rings. The minimum atomic E-state index is -0.779. The van der Waals surface area contributed by atoms with Crippen molar-refractivity contribution >= 4 is 39.1 Å². The van der Waals surface area contributed by atoms with Crippen LogP contribution in [0, 0.1) is 12.3 Å². The fourth-order valence-electron chi connectivity index (χ4n) is 2.73. The highest BCUT2D eigenvalue weighted by Gasteiger charge is 2.45. The number of likely N-dealkylation sites (tertiary alicyclic amines) is 1. The SMILES string of the molecule is CCCC1(C(=O)O)CCN(C(=O)c2cc(C)c(Br)s2)C1. The molecule has 0 aliphatic carbocycles. The molecule has 0 bridgehead atoms. The number of hydrogen-bond acceptors (Lipinski definition) is 3. The van der Waals surface area contributed by atoms with Crippen molar-refractivity contribution in [3.63, 3.8) is 0 Å². The van der Waals surface area contributed by atoms with Crippen LogP contribution >= 0.6 is 27.3 Å². The fourth-order valence-corrected chi connectivity index (χ4v) is 4.23. The number of carbonyl (C=O) groups is 2. The zero-order chi connectivity index (χ0) is 14.9. The van der Waals surface area contributed by atoms with E-state index in [2.05, 4.69) is 15.9 Å². The van der Waals surface area contributed by atoms with Crippen LogP contribution in [0.1, 0.15) is 41.4 Å². The molecule has 6 heteroatoms. The van der Waals surface area contributed by atoms with Gasteiger partial charge >= 0.3 is 5.97 Å². The monoisotopic (exact) mass is 359 g/mol. The van der Waals surface area contributed by atoms with Crippen LogP contribution in [0.25, 0.3) is 0 Å². The van der Waals surface area contributed by atoms with Crippen molar-refractivity contribution in [2.45, 2.75) is 33.1 Å². The molecule has 1 aromatic heterocycles. The molecule has 110 valence electrons. The number of amides is 1. The summed E-state index contributed by atoms with van der Waals surface area (Å²) in [5, 5.41) is 9.47. The number of aliphatic carboxylic acids is 1. The van der Waals surface area contributed by atoms with Crippen molar-refractivity contribution in [1.82, 2.24) is 4.90 Å². The van der Waals surface area contributed by atoms with Crippen LogP contribution in [0.2, 0.25) is 0 Å². The molecule has 1 aliphatic heterocycles. The van der Waals surface area contributed by atoms with Gasteiger partial charge in [0.2, 0.25) is 0 Å². The average molecular weight is 360 g/mol. The number of carbonyl (C=O) groups excluding carboxylic acids is 1. The molecule has 0 aromatic carbocycles. The highest BCUT2D eigenvalue weighted by molar-refractivity contribution is 9.11. The van der Waals surface area contributed by atoms with Gasteiger partial charge in [0.15, 0.2) is 0 Å². The van der Waals surface area contributed by atoms with E-state index in [9.17, 15) is 14.7 Å². The molecule has 4 nitrogen and oxygen atoms in total. The van der Waals surface area contributed by atoms with E-state index in [1.807, 2.05) is 19.9 Å². The van der Waals surface area contributed by atoms with E-state index in [1.165, 1.54) is 11.3 Å². The number of aryl methyl sites for hydroxylation is 1. The lowest BCUT2D eigenvalue weighted by molar-refractivity contribution is -0.148. The van der Waals surface area contributed by atoms with E-state index in [4.69, 9.17) is 0 Å². The van der Waals surface area contributed by atoms with Crippen LogP contribution in [0.3, 0.4) is 0 Å². The lowest BCUT2D eigenvalue weighted by Gasteiger charge is -2.24. The molecule has 0 saturated carbocycles. The van der Waals surface area contributed by atoms with Crippen molar-refractivity contribution in [2.75, 3.05) is 13.1 Å². The Morgan fingerprint density at radius 1 is 1.55 bits per heavy atom. The van der Waals surface area contributed by atoms with Crippen molar-refractivity contribution in [1.29, 1.82) is 0 Å². The molecule has 0 radical (unpaired) electrons. The standard InChI is InChI=1S/C14H18BrNO3S/c1-3-4-14(13(18)19)5-6-16(8-14)12(17)10-7-9(2)11(15)20-10/h7H,3-6,8H2,1-2H3,(H,18,19). The van der Waals surface area contributed by atoms with Crippen LogP contribution in [0.5, 0.6) is 0 Å². The first kappa shape index (κ1) is 15.5. The van der Waals surface area contributed by atoms with Crippen LogP contribution in [0.15, 0.2) is 9.85 Å². The molecule has 1 N–H and O–H groups in total. The first-order valence-electron chi connectivity index (χ1n) is 6.68. The Labute approximate surface area is 130 Å². The highest BCUT2D eigenvalue weighted by Crippen LogP contribution is 2.37. The smallest absolute Gasteiger partial charge is 0.311 e. The zero-order valence-electron chi connectivity index (χ0n) is 11.6. The van der Waals surface area contributed by atoms with Crippen molar-refractivity contribution < 1.29 is 14.7 Å². The molecule has 1 amide bonds. The Balaban J connectivity index is 2.16. The summed E-state index contributed by atoms with van der Waals surface area (Å²) in [6, 6.07) is 1.86. The number of nitrogens with zero attached hydrogens (tertiary/aromatic N) is 1. The zero-order valence-corrected chi connectivity index (χ0v) is 14.0. The summed E-state index contributed by atoms with van der Waals surface area (Å²) in [4.78, 5) is 26.3. The Bertz CT molecular complexity index is 523. The Morgan fingerprint density at radius 3 is 2.75 bits per heavy atom. The largest absolute Gasteiger partial charge is 0.481 e. The topological polar surface area (TPSA) is 57.6 Å². The molecule has 20 heavy (non-hydrogen) atoms. The number of carboxylic acid groups (broad SMARTS) is 1. The first-order valence-corrected chi connectivity index (χ1v) is 8.29. The minimum Gasteiger partial charge on any atom is -0.481 e. The predicted octanol–water partition coefficient (Wildman–Crippen LogP) is 3.54. The Kier molecular flexibility index (Phi) is 4.54. The van der Waals surface area contributed by atoms with Crippen LogP contribution in [0.4, 0.5) is 0 Å². The van der Waals surface area contributed by atoms with Gasteiger partial charge in [-0.25, -0.2) is 0 Å². The Hall–Kier alpha value is -0.880. The normalized spacial score (nSPS) is 22.2. The number of carboxylic acids is 1. The van der Waals surface area contributed by atoms with Gasteiger partial charge in [-0.15, -0.1) is 11.3 Å². The van der Waals surface area contributed by atoms with E-state index in [1.54, 1.807) is 4.90 Å². The summed E-state index contributed by atoms with van der Waals surface area (Å²) in [5.74, 6) is -0.832. The number of hydrogen-bond donors (Lipinski definition) is 1. The van der Waals surface area contributed by atoms with Gasteiger partial charge < -0.3 is 10.0 Å². The molecular weight excluding hydrogens is 342 g/mol. The van der Waals surface area contributed by atoms with Crippen molar-refractivity contribution in [2.24, 2.45) is 5.41 Å². The second-order valence-corrected chi connectivity index (χ2v) is 7.75. The predicted molar refractivity (Wildman–Crippen MR) is 82.3 cm³/mol. The molecular formula is C14H18BrNO3S. The lowest BCUT2D eigenvalue weighted by Crippen LogP contribution is -2.36. The minimum absolute atomic E-state index is 0.0528. The second kappa shape index (κ2) is 5.85. The van der Waals surface area contributed by atoms with Crippen molar-refractivity contribution in [3.8, 4) is 0 Å². The maximum absolute atomic E-state index is 12.4. The summed E-state index contributed by atoms with van der Waals surface area (Å²) in [6.07, 6.45) is 1.99. The van der Waals surface area contributed by atoms with Gasteiger partial charge in [-0.3, -0.25) is 9.59 Å². The lowest BCUT2D eigenvalue weighted by atomic mass is 9.83. The van der Waals surface area contributed by atoms with Crippen molar-refractivity contribution in [3.05, 3.63) is 20.3 Å². The van der Waals surface area contributed by atoms with Gasteiger partial charge in [0, 0.05) is 13.1 Å². The summed E-state index contributed by atoms with van der Waals surface area (Å²) in [6.45, 7) is 4.78. The summed E-state index contributed by atoms with van der Waals surface area (Å²) >= 11 is 4.83. The highest BCUT2D eigenvalue weighted by atomic mass is 79.9. The third-order valence-corrected chi connectivity index (χ3v) is 6.02. The van der Waals surface area contributed by atoms with Crippen LogP contribution < -0.4 is 0 Å². The molecule has 1 saturated heterocycles. The fraction of sp³-hybridized carbons (Fsp3) is 0.571. The summed E-state index contributed by atoms with van der Waals surface area (Å²) in [5.41, 5.74) is 0.282. The molecule has 1 fully saturated rings. The second-order valence-electron chi connectivity index (χ2n) is 5.38. The van der Waals surface area contributed by atoms with Gasteiger partial charge in [-0.1, -0.05) is 13.3 Å². The maximum Gasteiger partial charge on any atom is 0.311 e. The van der Waals surface area contributed by atoms with E-state index >= 15 is 0 Å². The van der Waals surface area contributed by atoms with Gasteiger partial charge in [-0.05, 0) is 47.3 Å². The summed E-state index contributed by atoms with van der Waals surface area (Å²) in [7, 11) is 0. The van der Waals surface area contributed by atoms with E-state index in [0.717, 1.165) is 15.8 Å². The van der Waals surface area contributed by atoms with E-state index < -0.39 is 11.4 Å².